The molecule has 1 fully saturated rings. The number of nitrogens with zero attached hydrogens (tertiary/aromatic N) is 1. The first-order chi connectivity index (χ1) is 11.8. The number of halogens is 2. The molecule has 1 saturated heterocycles. The number of fused-ring (bicyclic) bond motifs is 1. The van der Waals surface area contributed by atoms with E-state index in [0.717, 1.165) is 12.8 Å². The highest BCUT2D eigenvalue weighted by Gasteiger charge is 2.43. The SMILES string of the molecule is CCC(CC)N1CC(C(=O)Nc2ccc3c(c2)OC(F)(F)O3)CC1=O. The maximum Gasteiger partial charge on any atom is 0.586 e. The Morgan fingerprint density at radius 2 is 2.00 bits per heavy atom. The number of carbonyl (C=O) groups is 2. The van der Waals surface area contributed by atoms with Gasteiger partial charge in [0.15, 0.2) is 11.5 Å². The van der Waals surface area contributed by atoms with Crippen LogP contribution in [0.3, 0.4) is 0 Å². The number of anilines is 1. The van der Waals surface area contributed by atoms with Gasteiger partial charge in [0.05, 0.1) is 5.92 Å². The van der Waals surface area contributed by atoms with Gasteiger partial charge in [-0.3, -0.25) is 9.59 Å². The van der Waals surface area contributed by atoms with Crippen LogP contribution in [-0.4, -0.2) is 35.6 Å². The standard InChI is InChI=1S/C17H20F2N2O4/c1-3-12(4-2)21-9-10(7-15(21)22)16(23)20-11-5-6-13-14(8-11)25-17(18,19)24-13/h5-6,8,10,12H,3-4,7,9H2,1-2H3,(H,20,23). The lowest BCUT2D eigenvalue weighted by Crippen LogP contribution is -2.36. The van der Waals surface area contributed by atoms with Crippen LogP contribution in [0.1, 0.15) is 33.1 Å². The summed E-state index contributed by atoms with van der Waals surface area (Å²) in [5.74, 6) is -1.02. The van der Waals surface area contributed by atoms with Crippen LogP contribution in [0.15, 0.2) is 18.2 Å². The van der Waals surface area contributed by atoms with Gasteiger partial charge in [-0.15, -0.1) is 8.78 Å². The molecule has 0 saturated carbocycles. The minimum Gasteiger partial charge on any atom is -0.395 e. The van der Waals surface area contributed by atoms with Crippen molar-refractivity contribution in [3.63, 3.8) is 0 Å². The Morgan fingerprint density at radius 3 is 2.68 bits per heavy atom. The van der Waals surface area contributed by atoms with Gasteiger partial charge in [-0.25, -0.2) is 0 Å². The molecule has 1 aromatic rings. The quantitative estimate of drug-likeness (QED) is 0.883. The molecule has 0 aliphatic carbocycles. The van der Waals surface area contributed by atoms with E-state index < -0.39 is 12.2 Å². The van der Waals surface area contributed by atoms with Crippen LogP contribution in [0.5, 0.6) is 11.5 Å². The number of amides is 2. The minimum atomic E-state index is -3.70. The molecule has 1 atom stereocenters. The molecule has 25 heavy (non-hydrogen) atoms. The van der Waals surface area contributed by atoms with E-state index in [2.05, 4.69) is 14.8 Å². The average molecular weight is 354 g/mol. The Balaban J connectivity index is 1.65. The van der Waals surface area contributed by atoms with Crippen molar-refractivity contribution in [3.8, 4) is 11.5 Å². The van der Waals surface area contributed by atoms with Crippen molar-refractivity contribution in [2.24, 2.45) is 5.92 Å². The fourth-order valence-electron chi connectivity index (χ4n) is 3.26. The van der Waals surface area contributed by atoms with Crippen LogP contribution < -0.4 is 14.8 Å². The highest BCUT2D eigenvalue weighted by Crippen LogP contribution is 2.42. The first kappa shape index (κ1) is 17.4. The number of hydrogen-bond donors (Lipinski definition) is 1. The van der Waals surface area contributed by atoms with E-state index in [1.807, 2.05) is 13.8 Å². The monoisotopic (exact) mass is 354 g/mol. The van der Waals surface area contributed by atoms with Gasteiger partial charge < -0.3 is 19.7 Å². The smallest absolute Gasteiger partial charge is 0.395 e. The molecule has 0 bridgehead atoms. The molecule has 2 amide bonds. The Labute approximate surface area is 144 Å². The van der Waals surface area contributed by atoms with Crippen LogP contribution in [0.25, 0.3) is 0 Å². The van der Waals surface area contributed by atoms with E-state index in [1.54, 1.807) is 4.90 Å². The van der Waals surface area contributed by atoms with Gasteiger partial charge in [-0.1, -0.05) is 13.8 Å². The largest absolute Gasteiger partial charge is 0.586 e. The summed E-state index contributed by atoms with van der Waals surface area (Å²) >= 11 is 0. The molecular formula is C17H20F2N2O4. The lowest BCUT2D eigenvalue weighted by molar-refractivity contribution is -0.286. The van der Waals surface area contributed by atoms with E-state index in [0.29, 0.717) is 12.2 Å². The number of likely N-dealkylation sites (tertiary alicyclic amines) is 1. The highest BCUT2D eigenvalue weighted by atomic mass is 19.3. The van der Waals surface area contributed by atoms with Crippen LogP contribution in [0, 0.1) is 5.92 Å². The molecule has 8 heteroatoms. The fourth-order valence-corrected chi connectivity index (χ4v) is 3.26. The van der Waals surface area contributed by atoms with Crippen molar-refractivity contribution in [1.29, 1.82) is 0 Å². The van der Waals surface area contributed by atoms with Gasteiger partial charge in [0.2, 0.25) is 11.8 Å². The summed E-state index contributed by atoms with van der Waals surface area (Å²) in [5.41, 5.74) is 0.318. The summed E-state index contributed by atoms with van der Waals surface area (Å²) < 4.78 is 34.7. The number of hydrogen-bond acceptors (Lipinski definition) is 4. The summed E-state index contributed by atoms with van der Waals surface area (Å²) in [6.45, 7) is 4.40. The number of alkyl halides is 2. The maximum atomic E-state index is 13.0. The molecule has 2 aliphatic heterocycles. The van der Waals surface area contributed by atoms with Crippen LogP contribution >= 0.6 is 0 Å². The Hall–Kier alpha value is -2.38. The second-order valence-corrected chi connectivity index (χ2v) is 6.24. The number of rotatable bonds is 5. The third kappa shape index (κ3) is 3.52. The van der Waals surface area contributed by atoms with Gasteiger partial charge >= 0.3 is 6.29 Å². The molecule has 3 rings (SSSR count). The molecule has 1 N–H and O–H groups in total. The third-order valence-electron chi connectivity index (χ3n) is 4.58. The number of nitrogens with one attached hydrogen (secondary N) is 1. The molecule has 1 aromatic carbocycles. The fraction of sp³-hybridized carbons (Fsp3) is 0.529. The summed E-state index contributed by atoms with van der Waals surface area (Å²) in [5, 5.41) is 2.66. The van der Waals surface area contributed by atoms with Gasteiger partial charge in [-0.2, -0.15) is 0 Å². The zero-order chi connectivity index (χ0) is 18.2. The first-order valence-electron chi connectivity index (χ1n) is 8.33. The Kier molecular flexibility index (Phi) is 4.53. The first-order valence-corrected chi connectivity index (χ1v) is 8.33. The van der Waals surface area contributed by atoms with E-state index in [9.17, 15) is 18.4 Å². The van der Waals surface area contributed by atoms with Crippen LogP contribution in [0.2, 0.25) is 0 Å². The van der Waals surface area contributed by atoms with Gasteiger partial charge in [0.1, 0.15) is 0 Å². The predicted molar refractivity (Wildman–Crippen MR) is 85.5 cm³/mol. The Bertz CT molecular complexity index is 691. The van der Waals surface area contributed by atoms with E-state index in [4.69, 9.17) is 0 Å². The zero-order valence-corrected chi connectivity index (χ0v) is 14.1. The number of carbonyl (C=O) groups excluding carboxylic acids is 2. The van der Waals surface area contributed by atoms with E-state index >= 15 is 0 Å². The number of ether oxygens (including phenoxy) is 2. The van der Waals surface area contributed by atoms with Crippen molar-refractivity contribution < 1.29 is 27.8 Å². The minimum absolute atomic E-state index is 0.0285. The predicted octanol–water partition coefficient (Wildman–Crippen LogP) is 2.98. The van der Waals surface area contributed by atoms with Crippen molar-refractivity contribution in [2.75, 3.05) is 11.9 Å². The molecule has 0 spiro atoms. The van der Waals surface area contributed by atoms with Crippen molar-refractivity contribution in [3.05, 3.63) is 18.2 Å². The lowest BCUT2D eigenvalue weighted by atomic mass is 10.1. The summed E-state index contributed by atoms with van der Waals surface area (Å²) in [6, 6.07) is 4.18. The van der Waals surface area contributed by atoms with Gasteiger partial charge in [-0.05, 0) is 25.0 Å². The number of benzene rings is 1. The molecular weight excluding hydrogens is 334 g/mol. The lowest BCUT2D eigenvalue weighted by Gasteiger charge is -2.26. The summed E-state index contributed by atoms with van der Waals surface area (Å²) in [4.78, 5) is 26.3. The molecule has 1 unspecified atom stereocenters. The average Bonchev–Trinajstić information content (AvgIpc) is 3.07. The molecule has 0 aromatic heterocycles. The zero-order valence-electron chi connectivity index (χ0n) is 14.1. The molecule has 6 nitrogen and oxygen atoms in total. The van der Waals surface area contributed by atoms with Crippen LogP contribution in [-0.2, 0) is 9.59 Å². The molecule has 2 heterocycles. The van der Waals surface area contributed by atoms with Gasteiger partial charge in [0.25, 0.3) is 0 Å². The maximum absolute atomic E-state index is 13.0. The van der Waals surface area contributed by atoms with E-state index in [-0.39, 0.29) is 35.8 Å². The molecule has 136 valence electrons. The van der Waals surface area contributed by atoms with Crippen molar-refractivity contribution in [1.82, 2.24) is 4.90 Å². The third-order valence-corrected chi connectivity index (χ3v) is 4.58. The topological polar surface area (TPSA) is 67.9 Å². The molecule has 2 aliphatic rings. The second-order valence-electron chi connectivity index (χ2n) is 6.24. The van der Waals surface area contributed by atoms with Crippen molar-refractivity contribution >= 4 is 17.5 Å². The van der Waals surface area contributed by atoms with Crippen molar-refractivity contribution in [2.45, 2.75) is 45.4 Å². The molecule has 0 radical (unpaired) electrons. The second kappa shape index (κ2) is 6.50. The highest BCUT2D eigenvalue weighted by molar-refractivity contribution is 5.97. The summed E-state index contributed by atoms with van der Waals surface area (Å²) in [7, 11) is 0. The van der Waals surface area contributed by atoms with Crippen LogP contribution in [0.4, 0.5) is 14.5 Å². The Morgan fingerprint density at radius 1 is 1.32 bits per heavy atom. The normalized spacial score (nSPS) is 21.1. The van der Waals surface area contributed by atoms with Gasteiger partial charge in [0, 0.05) is 30.8 Å². The van der Waals surface area contributed by atoms with E-state index in [1.165, 1.54) is 18.2 Å². The summed E-state index contributed by atoms with van der Waals surface area (Å²) in [6.07, 6.45) is -1.86.